The zero-order valence-electron chi connectivity index (χ0n) is 18.4. The fraction of sp³-hybridized carbons (Fsp3) is 0.417. The third kappa shape index (κ3) is 5.48. The molecule has 1 saturated carbocycles. The van der Waals surface area contributed by atoms with Crippen molar-refractivity contribution in [3.05, 3.63) is 58.0 Å². The summed E-state index contributed by atoms with van der Waals surface area (Å²) in [5.74, 6) is 0.833. The van der Waals surface area contributed by atoms with E-state index in [1.165, 1.54) is 42.8 Å². The minimum Gasteiger partial charge on any atom is -0.325 e. The van der Waals surface area contributed by atoms with E-state index in [2.05, 4.69) is 37.6 Å². The van der Waals surface area contributed by atoms with Crippen LogP contribution in [0.2, 0.25) is 0 Å². The first-order chi connectivity index (χ1) is 15.5. The van der Waals surface area contributed by atoms with Gasteiger partial charge in [0.15, 0.2) is 10.9 Å². The average molecular weight is 469 g/mol. The highest BCUT2D eigenvalue weighted by Gasteiger charge is 2.26. The summed E-state index contributed by atoms with van der Waals surface area (Å²) in [6, 6.07) is 11.6. The smallest absolute Gasteiger partial charge is 0.237 e. The first kappa shape index (κ1) is 22.7. The largest absolute Gasteiger partial charge is 0.325 e. The van der Waals surface area contributed by atoms with Crippen LogP contribution in [0.5, 0.6) is 0 Å². The van der Waals surface area contributed by atoms with Gasteiger partial charge in [0.2, 0.25) is 5.91 Å². The number of hydrogen-bond acceptors (Lipinski definition) is 6. The van der Waals surface area contributed by atoms with E-state index in [-0.39, 0.29) is 16.9 Å². The number of carbonyl (C=O) groups excluding carboxylic acids is 2. The lowest BCUT2D eigenvalue weighted by atomic mass is 9.95. The highest BCUT2D eigenvalue weighted by Crippen LogP contribution is 2.34. The second-order valence-electron chi connectivity index (χ2n) is 8.20. The van der Waals surface area contributed by atoms with Gasteiger partial charge in [0.1, 0.15) is 5.82 Å². The predicted octanol–water partition coefficient (Wildman–Crippen LogP) is 5.76. The number of thioether (sulfide) groups is 1. The Balaban J connectivity index is 1.51. The summed E-state index contributed by atoms with van der Waals surface area (Å²) in [5.41, 5.74) is 1.21. The molecule has 0 saturated heterocycles. The molecule has 2 aromatic heterocycles. The lowest BCUT2D eigenvalue weighted by Gasteiger charge is -2.26. The Hall–Kier alpha value is -2.45. The van der Waals surface area contributed by atoms with E-state index >= 15 is 0 Å². The predicted molar refractivity (Wildman–Crippen MR) is 130 cm³/mol. The van der Waals surface area contributed by atoms with Crippen molar-refractivity contribution >= 4 is 40.5 Å². The molecule has 2 heterocycles. The quantitative estimate of drug-likeness (QED) is 0.336. The van der Waals surface area contributed by atoms with Gasteiger partial charge in [-0.1, -0.05) is 49.2 Å². The number of carbonyl (C=O) groups is 2. The van der Waals surface area contributed by atoms with E-state index in [0.717, 1.165) is 30.2 Å². The second-order valence-corrected chi connectivity index (χ2v) is 10.5. The molecule has 168 valence electrons. The molecule has 1 amide bonds. The highest BCUT2D eigenvalue weighted by molar-refractivity contribution is 8.00. The molecule has 0 spiro atoms. The molecule has 3 aromatic rings. The first-order valence-electron chi connectivity index (χ1n) is 11.1. The lowest BCUT2D eigenvalue weighted by Crippen LogP contribution is -2.24. The lowest BCUT2D eigenvalue weighted by molar-refractivity contribution is -0.115. The van der Waals surface area contributed by atoms with Crippen molar-refractivity contribution in [3.63, 3.8) is 0 Å². The van der Waals surface area contributed by atoms with Crippen molar-refractivity contribution in [2.45, 2.75) is 68.8 Å². The Morgan fingerprint density at radius 2 is 2.00 bits per heavy atom. The molecular weight excluding hydrogens is 440 g/mol. The van der Waals surface area contributed by atoms with Crippen molar-refractivity contribution < 1.29 is 9.59 Å². The molecule has 1 atom stereocenters. The van der Waals surface area contributed by atoms with Crippen molar-refractivity contribution in [1.82, 2.24) is 14.8 Å². The minimum absolute atomic E-state index is 0.0256. The van der Waals surface area contributed by atoms with E-state index in [0.29, 0.717) is 17.3 Å². The molecule has 0 aliphatic heterocycles. The maximum atomic E-state index is 12.9. The van der Waals surface area contributed by atoms with Gasteiger partial charge in [-0.15, -0.1) is 21.5 Å². The Bertz CT molecular complexity index is 1070. The van der Waals surface area contributed by atoms with E-state index in [1.54, 1.807) is 35.6 Å². The monoisotopic (exact) mass is 468 g/mol. The standard InChI is InChI=1S/C24H28N4O2S2/c1-16(29)18-8-6-9-19(14-18)25-23(30)17(2)32-24-27-26-22(15-21-12-7-13-31-21)28(24)20-10-4-3-5-11-20/h6-9,12-14,17,20H,3-5,10-11,15H2,1-2H3,(H,25,30). The van der Waals surface area contributed by atoms with Crippen LogP contribution in [0.3, 0.4) is 0 Å². The minimum atomic E-state index is -0.350. The number of benzene rings is 1. The van der Waals surface area contributed by atoms with Gasteiger partial charge in [0, 0.05) is 28.6 Å². The normalized spacial score (nSPS) is 15.4. The van der Waals surface area contributed by atoms with Crippen LogP contribution in [0.15, 0.2) is 46.9 Å². The molecule has 1 N–H and O–H groups in total. The number of nitrogens with one attached hydrogen (secondary N) is 1. The van der Waals surface area contributed by atoms with Gasteiger partial charge in [-0.05, 0) is 50.3 Å². The second kappa shape index (κ2) is 10.4. The van der Waals surface area contributed by atoms with Gasteiger partial charge < -0.3 is 9.88 Å². The van der Waals surface area contributed by atoms with E-state index < -0.39 is 0 Å². The molecule has 0 radical (unpaired) electrons. The summed E-state index contributed by atoms with van der Waals surface area (Å²) in [4.78, 5) is 25.8. The van der Waals surface area contributed by atoms with Crippen molar-refractivity contribution in [2.75, 3.05) is 5.32 Å². The highest BCUT2D eigenvalue weighted by atomic mass is 32.2. The molecular formula is C24H28N4O2S2. The van der Waals surface area contributed by atoms with Crippen molar-refractivity contribution in [2.24, 2.45) is 0 Å². The van der Waals surface area contributed by atoms with Crippen LogP contribution in [0.4, 0.5) is 5.69 Å². The maximum absolute atomic E-state index is 12.9. The number of hydrogen-bond donors (Lipinski definition) is 1. The number of amides is 1. The van der Waals surface area contributed by atoms with Crippen LogP contribution in [0.1, 0.15) is 73.1 Å². The molecule has 1 aromatic carbocycles. The van der Waals surface area contributed by atoms with E-state index in [4.69, 9.17) is 0 Å². The van der Waals surface area contributed by atoms with Gasteiger partial charge in [-0.3, -0.25) is 9.59 Å². The Morgan fingerprint density at radius 1 is 1.19 bits per heavy atom. The van der Waals surface area contributed by atoms with Crippen molar-refractivity contribution in [3.8, 4) is 0 Å². The number of thiophene rings is 1. The Kier molecular flexibility index (Phi) is 7.42. The van der Waals surface area contributed by atoms with Gasteiger partial charge in [0.25, 0.3) is 0 Å². The van der Waals surface area contributed by atoms with E-state index in [9.17, 15) is 9.59 Å². The Morgan fingerprint density at radius 3 is 2.72 bits per heavy atom. The van der Waals surface area contributed by atoms with E-state index in [1.807, 2.05) is 6.92 Å². The molecule has 1 aliphatic rings. The molecule has 0 bridgehead atoms. The maximum Gasteiger partial charge on any atom is 0.237 e. The summed E-state index contributed by atoms with van der Waals surface area (Å²) in [6.45, 7) is 3.40. The average Bonchev–Trinajstić information content (AvgIpc) is 3.45. The van der Waals surface area contributed by atoms with Crippen LogP contribution in [0.25, 0.3) is 0 Å². The number of ketones is 1. The molecule has 1 fully saturated rings. The molecule has 32 heavy (non-hydrogen) atoms. The van der Waals surface area contributed by atoms with Gasteiger partial charge >= 0.3 is 0 Å². The van der Waals surface area contributed by atoms with Crippen LogP contribution >= 0.6 is 23.1 Å². The summed E-state index contributed by atoms with van der Waals surface area (Å²) in [5, 5.41) is 14.5. The van der Waals surface area contributed by atoms with Gasteiger partial charge in [-0.25, -0.2) is 0 Å². The fourth-order valence-electron chi connectivity index (χ4n) is 4.05. The Labute approximate surface area is 196 Å². The van der Waals surface area contributed by atoms with Crippen molar-refractivity contribution in [1.29, 1.82) is 0 Å². The molecule has 4 rings (SSSR count). The summed E-state index contributed by atoms with van der Waals surface area (Å²) >= 11 is 3.18. The van der Waals surface area contributed by atoms with Gasteiger partial charge in [-0.2, -0.15) is 0 Å². The summed E-state index contributed by atoms with van der Waals surface area (Å²) < 4.78 is 2.28. The molecule has 6 nitrogen and oxygen atoms in total. The number of rotatable bonds is 8. The third-order valence-electron chi connectivity index (χ3n) is 5.78. The number of nitrogens with zero attached hydrogens (tertiary/aromatic N) is 3. The number of Topliss-reactive ketones (excluding diaryl/α,β-unsaturated/α-hetero) is 1. The van der Waals surface area contributed by atoms with Crippen LogP contribution in [0, 0.1) is 0 Å². The number of anilines is 1. The molecule has 1 aliphatic carbocycles. The SMILES string of the molecule is CC(=O)c1cccc(NC(=O)C(C)Sc2nnc(Cc3cccs3)n2C2CCCCC2)c1. The zero-order valence-corrected chi connectivity index (χ0v) is 20.0. The zero-order chi connectivity index (χ0) is 22.5. The first-order valence-corrected chi connectivity index (χ1v) is 12.8. The topological polar surface area (TPSA) is 76.9 Å². The molecule has 8 heteroatoms. The van der Waals surface area contributed by atoms with Crippen LogP contribution in [-0.2, 0) is 11.2 Å². The number of aromatic nitrogens is 3. The summed E-state index contributed by atoms with van der Waals surface area (Å²) in [7, 11) is 0. The van der Waals surface area contributed by atoms with Crippen LogP contribution < -0.4 is 5.32 Å². The van der Waals surface area contributed by atoms with Gasteiger partial charge in [0.05, 0.1) is 5.25 Å². The third-order valence-corrected chi connectivity index (χ3v) is 7.71. The molecule has 1 unspecified atom stereocenters. The summed E-state index contributed by atoms with van der Waals surface area (Å²) in [6.07, 6.45) is 6.73. The van der Waals surface area contributed by atoms with Crippen LogP contribution in [-0.4, -0.2) is 31.7 Å². The fourth-order valence-corrected chi connectivity index (χ4v) is 5.69.